The monoisotopic (exact) mass is 277 g/mol. The van der Waals surface area contributed by atoms with Gasteiger partial charge in [-0.15, -0.1) is 0 Å². The summed E-state index contributed by atoms with van der Waals surface area (Å²) >= 11 is 0. The van der Waals surface area contributed by atoms with Crippen LogP contribution in [0.25, 0.3) is 0 Å². The van der Waals surface area contributed by atoms with Gasteiger partial charge in [0.1, 0.15) is 6.61 Å². The highest BCUT2D eigenvalue weighted by molar-refractivity contribution is 5.83. The number of amides is 1. The van der Waals surface area contributed by atoms with Crippen molar-refractivity contribution in [2.24, 2.45) is 0 Å². The highest BCUT2D eigenvalue weighted by Gasteiger charge is 2.43. The van der Waals surface area contributed by atoms with Gasteiger partial charge in [-0.1, -0.05) is 24.3 Å². The summed E-state index contributed by atoms with van der Waals surface area (Å²) in [4.78, 5) is 25.2. The van der Waals surface area contributed by atoms with Crippen molar-refractivity contribution in [3.8, 4) is 0 Å². The van der Waals surface area contributed by atoms with Gasteiger partial charge in [0.05, 0.1) is 6.04 Å². The van der Waals surface area contributed by atoms with Gasteiger partial charge < -0.3 is 14.7 Å². The van der Waals surface area contributed by atoms with Gasteiger partial charge in [-0.05, 0) is 31.9 Å². The lowest BCUT2D eigenvalue weighted by atomic mass is 9.93. The molecule has 1 heterocycles. The number of aliphatic carboxylic acids is 1. The van der Waals surface area contributed by atoms with Crippen LogP contribution in [0.1, 0.15) is 31.0 Å². The van der Waals surface area contributed by atoms with Crippen molar-refractivity contribution in [1.82, 2.24) is 4.90 Å². The first-order chi connectivity index (χ1) is 9.43. The molecule has 5 heteroatoms. The first-order valence-corrected chi connectivity index (χ1v) is 6.64. The number of rotatable bonds is 3. The van der Waals surface area contributed by atoms with E-state index in [0.29, 0.717) is 0 Å². The van der Waals surface area contributed by atoms with Crippen LogP contribution in [-0.4, -0.2) is 40.6 Å². The lowest BCUT2D eigenvalue weighted by Crippen LogP contribution is -2.54. The van der Waals surface area contributed by atoms with Crippen LogP contribution in [0.3, 0.4) is 0 Å². The molecule has 0 saturated carbocycles. The summed E-state index contributed by atoms with van der Waals surface area (Å²) in [5.41, 5.74) is 1.77. The Hall–Kier alpha value is -1.88. The summed E-state index contributed by atoms with van der Waals surface area (Å²) in [6, 6.07) is 6.82. The predicted octanol–water partition coefficient (Wildman–Crippen LogP) is 1.76. The van der Waals surface area contributed by atoms with Crippen LogP contribution < -0.4 is 0 Å². The Labute approximate surface area is 118 Å². The van der Waals surface area contributed by atoms with Crippen LogP contribution in [0.15, 0.2) is 24.3 Å². The second-order valence-corrected chi connectivity index (χ2v) is 5.27. The van der Waals surface area contributed by atoms with E-state index >= 15 is 0 Å². The second-order valence-electron chi connectivity index (χ2n) is 5.27. The number of ether oxygens (including phenoxy) is 1. The molecular formula is C15H19NO4. The van der Waals surface area contributed by atoms with Gasteiger partial charge in [-0.3, -0.25) is 4.79 Å². The molecule has 1 aromatic carbocycles. The number of nitrogens with zero attached hydrogens (tertiary/aromatic N) is 1. The van der Waals surface area contributed by atoms with Crippen LogP contribution in [0.2, 0.25) is 0 Å². The number of carboxylic acids is 1. The zero-order chi connectivity index (χ0) is 14.9. The molecular weight excluding hydrogens is 258 g/mol. The van der Waals surface area contributed by atoms with Crippen molar-refractivity contribution >= 4 is 11.9 Å². The molecule has 0 spiro atoms. The van der Waals surface area contributed by atoms with E-state index in [0.717, 1.165) is 11.1 Å². The first-order valence-electron chi connectivity index (χ1n) is 6.64. The third-order valence-corrected chi connectivity index (χ3v) is 3.57. The quantitative estimate of drug-likeness (QED) is 0.914. The lowest BCUT2D eigenvalue weighted by Gasteiger charge is -2.42. The zero-order valence-corrected chi connectivity index (χ0v) is 11.9. The van der Waals surface area contributed by atoms with Gasteiger partial charge >= 0.3 is 5.97 Å². The number of benzene rings is 1. The van der Waals surface area contributed by atoms with Gasteiger partial charge in [0.15, 0.2) is 6.10 Å². The summed E-state index contributed by atoms with van der Waals surface area (Å²) in [6.07, 6.45) is -1.03. The Balaban J connectivity index is 2.52. The number of aryl methyl sites for hydroxylation is 1. The largest absolute Gasteiger partial charge is 0.479 e. The molecule has 0 bridgehead atoms. The van der Waals surface area contributed by atoms with E-state index in [9.17, 15) is 14.7 Å². The average molecular weight is 277 g/mol. The van der Waals surface area contributed by atoms with E-state index in [2.05, 4.69) is 0 Å². The van der Waals surface area contributed by atoms with Crippen LogP contribution >= 0.6 is 0 Å². The maximum absolute atomic E-state index is 12.1. The van der Waals surface area contributed by atoms with Crippen molar-refractivity contribution in [2.75, 3.05) is 6.61 Å². The molecule has 2 rings (SSSR count). The molecule has 5 nitrogen and oxygen atoms in total. The molecule has 0 radical (unpaired) electrons. The fourth-order valence-electron chi connectivity index (χ4n) is 2.67. The van der Waals surface area contributed by atoms with E-state index in [1.807, 2.05) is 45.0 Å². The maximum atomic E-state index is 12.1. The smallest absolute Gasteiger partial charge is 0.335 e. The van der Waals surface area contributed by atoms with Crippen molar-refractivity contribution in [3.63, 3.8) is 0 Å². The second kappa shape index (κ2) is 5.63. The Kier molecular flexibility index (Phi) is 4.09. The molecule has 1 N–H and O–H groups in total. The minimum absolute atomic E-state index is 0.0853. The molecule has 1 fully saturated rings. The standard InChI is InChI=1S/C15H19NO4/c1-9(2)16-12(17)8-20-14(15(18)19)13(16)11-7-5-4-6-10(11)3/h4-7,9,13-14H,8H2,1-3H3,(H,18,19). The van der Waals surface area contributed by atoms with Crippen LogP contribution in [-0.2, 0) is 14.3 Å². The normalized spacial score (nSPS) is 23.2. The van der Waals surface area contributed by atoms with E-state index in [-0.39, 0.29) is 18.6 Å². The Bertz CT molecular complexity index is 526. The number of hydrogen-bond donors (Lipinski definition) is 1. The number of carboxylic acid groups (broad SMARTS) is 1. The van der Waals surface area contributed by atoms with Gasteiger partial charge in [0, 0.05) is 6.04 Å². The van der Waals surface area contributed by atoms with Crippen molar-refractivity contribution in [2.45, 2.75) is 39.0 Å². The molecule has 1 amide bonds. The molecule has 1 aromatic rings. The Morgan fingerprint density at radius 2 is 2.05 bits per heavy atom. The fraction of sp³-hybridized carbons (Fsp3) is 0.467. The molecule has 1 aliphatic rings. The van der Waals surface area contributed by atoms with Crippen molar-refractivity contribution < 1.29 is 19.4 Å². The van der Waals surface area contributed by atoms with Gasteiger partial charge in [0.25, 0.3) is 0 Å². The maximum Gasteiger partial charge on any atom is 0.335 e. The molecule has 20 heavy (non-hydrogen) atoms. The predicted molar refractivity (Wildman–Crippen MR) is 73.3 cm³/mol. The number of morpholine rings is 1. The summed E-state index contributed by atoms with van der Waals surface area (Å²) in [7, 11) is 0. The SMILES string of the molecule is Cc1ccccc1C1C(C(=O)O)OCC(=O)N1C(C)C. The molecule has 108 valence electrons. The van der Waals surface area contributed by atoms with Crippen molar-refractivity contribution in [1.29, 1.82) is 0 Å². The van der Waals surface area contributed by atoms with E-state index < -0.39 is 18.1 Å². The average Bonchev–Trinajstić information content (AvgIpc) is 2.38. The van der Waals surface area contributed by atoms with Gasteiger partial charge in [-0.2, -0.15) is 0 Å². The minimum Gasteiger partial charge on any atom is -0.479 e. The zero-order valence-electron chi connectivity index (χ0n) is 11.9. The lowest BCUT2D eigenvalue weighted by molar-refractivity contribution is -0.175. The molecule has 2 atom stereocenters. The highest BCUT2D eigenvalue weighted by atomic mass is 16.5. The Morgan fingerprint density at radius 1 is 1.40 bits per heavy atom. The summed E-state index contributed by atoms with van der Waals surface area (Å²) in [6.45, 7) is 5.49. The summed E-state index contributed by atoms with van der Waals surface area (Å²) < 4.78 is 5.26. The molecule has 2 unspecified atom stereocenters. The third kappa shape index (κ3) is 2.54. The van der Waals surface area contributed by atoms with E-state index in [4.69, 9.17) is 4.74 Å². The Morgan fingerprint density at radius 3 is 2.60 bits per heavy atom. The van der Waals surface area contributed by atoms with Crippen LogP contribution in [0.5, 0.6) is 0 Å². The van der Waals surface area contributed by atoms with E-state index in [1.165, 1.54) is 0 Å². The topological polar surface area (TPSA) is 66.8 Å². The molecule has 1 aliphatic heterocycles. The number of carbonyl (C=O) groups excluding carboxylic acids is 1. The van der Waals surface area contributed by atoms with Crippen LogP contribution in [0.4, 0.5) is 0 Å². The first kappa shape index (κ1) is 14.5. The van der Waals surface area contributed by atoms with Crippen molar-refractivity contribution in [3.05, 3.63) is 35.4 Å². The highest BCUT2D eigenvalue weighted by Crippen LogP contribution is 2.33. The van der Waals surface area contributed by atoms with Crippen LogP contribution in [0, 0.1) is 6.92 Å². The molecule has 1 saturated heterocycles. The van der Waals surface area contributed by atoms with Gasteiger partial charge in [-0.25, -0.2) is 4.79 Å². The summed E-state index contributed by atoms with van der Waals surface area (Å²) in [5, 5.41) is 9.38. The summed E-state index contributed by atoms with van der Waals surface area (Å²) in [5.74, 6) is -1.22. The molecule has 0 aliphatic carbocycles. The molecule has 0 aromatic heterocycles. The minimum atomic E-state index is -1.04. The van der Waals surface area contributed by atoms with E-state index in [1.54, 1.807) is 4.90 Å². The fourth-order valence-corrected chi connectivity index (χ4v) is 2.67. The number of hydrogen-bond acceptors (Lipinski definition) is 3. The number of carbonyl (C=O) groups is 2. The van der Waals surface area contributed by atoms with Gasteiger partial charge in [0.2, 0.25) is 5.91 Å². The third-order valence-electron chi connectivity index (χ3n) is 3.57.